The third kappa shape index (κ3) is 4.56. The smallest absolute Gasteiger partial charge is 0.241 e. The molecule has 0 aliphatic carbocycles. The van der Waals surface area contributed by atoms with Crippen LogP contribution in [0.3, 0.4) is 0 Å². The van der Waals surface area contributed by atoms with E-state index in [1.165, 1.54) is 27.8 Å². The molecule has 0 aromatic heterocycles. The van der Waals surface area contributed by atoms with Crippen LogP contribution in [0.2, 0.25) is 0 Å². The molecule has 4 rings (SSSR count). The number of amides is 1. The minimum atomic E-state index is -0.167. The first-order chi connectivity index (χ1) is 15.5. The van der Waals surface area contributed by atoms with Crippen LogP contribution >= 0.6 is 0 Å². The monoisotopic (exact) mass is 428 g/mol. The van der Waals surface area contributed by atoms with Crippen molar-refractivity contribution >= 4 is 5.91 Å². The van der Waals surface area contributed by atoms with E-state index < -0.39 is 0 Å². The minimum Gasteiger partial charge on any atom is -0.497 e. The number of aryl methyl sites for hydroxylation is 2. The molecule has 4 nitrogen and oxygen atoms in total. The average Bonchev–Trinajstić information content (AvgIpc) is 3.04. The Bertz CT molecular complexity index is 1060. The Labute approximate surface area is 191 Å². The second-order valence-electron chi connectivity index (χ2n) is 8.72. The largest absolute Gasteiger partial charge is 0.497 e. The van der Waals surface area contributed by atoms with Crippen LogP contribution in [0.15, 0.2) is 72.8 Å². The van der Waals surface area contributed by atoms with Crippen molar-refractivity contribution < 1.29 is 9.53 Å². The standard InChI is InChI=1S/C28H32N2O2/c1-20-10-13-24(18-21(20)2)27-29(3)26(19-23-8-6-5-7-9-23)28(31)30(27)17-16-22-11-14-25(32-4)15-12-22/h5-15,18,26-27H,16-17,19H2,1-4H3. The highest BCUT2D eigenvalue weighted by Crippen LogP contribution is 2.35. The first kappa shape index (κ1) is 22.1. The van der Waals surface area contributed by atoms with E-state index in [4.69, 9.17) is 4.74 Å². The predicted molar refractivity (Wildman–Crippen MR) is 129 cm³/mol. The fourth-order valence-corrected chi connectivity index (χ4v) is 4.56. The molecule has 3 aromatic rings. The fourth-order valence-electron chi connectivity index (χ4n) is 4.56. The Balaban J connectivity index is 1.61. The van der Waals surface area contributed by atoms with Crippen molar-refractivity contribution in [2.75, 3.05) is 20.7 Å². The molecule has 1 fully saturated rings. The molecule has 1 aliphatic rings. The molecule has 4 heteroatoms. The predicted octanol–water partition coefficient (Wildman–Crippen LogP) is 4.94. The van der Waals surface area contributed by atoms with Crippen LogP contribution in [-0.2, 0) is 17.6 Å². The van der Waals surface area contributed by atoms with Gasteiger partial charge in [-0.3, -0.25) is 9.69 Å². The highest BCUT2D eigenvalue weighted by molar-refractivity contribution is 5.85. The Morgan fingerprint density at radius 1 is 0.875 bits per heavy atom. The number of ether oxygens (including phenoxy) is 1. The molecule has 1 aliphatic heterocycles. The van der Waals surface area contributed by atoms with E-state index in [9.17, 15) is 4.79 Å². The van der Waals surface area contributed by atoms with Gasteiger partial charge in [-0.1, -0.05) is 60.7 Å². The van der Waals surface area contributed by atoms with Crippen LogP contribution in [-0.4, -0.2) is 42.5 Å². The number of hydrogen-bond acceptors (Lipinski definition) is 3. The summed E-state index contributed by atoms with van der Waals surface area (Å²) < 4.78 is 5.27. The molecule has 0 N–H and O–H groups in total. The van der Waals surface area contributed by atoms with Crippen molar-refractivity contribution in [2.24, 2.45) is 0 Å². The summed E-state index contributed by atoms with van der Waals surface area (Å²) in [7, 11) is 3.76. The van der Waals surface area contributed by atoms with Crippen LogP contribution in [0, 0.1) is 13.8 Å². The first-order valence-corrected chi connectivity index (χ1v) is 11.2. The van der Waals surface area contributed by atoms with Crippen LogP contribution in [0.25, 0.3) is 0 Å². The molecular formula is C28H32N2O2. The van der Waals surface area contributed by atoms with Gasteiger partial charge in [-0.15, -0.1) is 0 Å². The van der Waals surface area contributed by atoms with E-state index >= 15 is 0 Å². The molecule has 3 aromatic carbocycles. The zero-order valence-electron chi connectivity index (χ0n) is 19.4. The maximum Gasteiger partial charge on any atom is 0.241 e. The summed E-state index contributed by atoms with van der Waals surface area (Å²) in [6, 6.07) is 24.8. The van der Waals surface area contributed by atoms with E-state index in [0.717, 1.165) is 18.6 Å². The van der Waals surface area contributed by atoms with Crippen LogP contribution in [0.4, 0.5) is 0 Å². The van der Waals surface area contributed by atoms with Gasteiger partial charge in [0.2, 0.25) is 5.91 Å². The number of hydrogen-bond donors (Lipinski definition) is 0. The Morgan fingerprint density at radius 2 is 1.59 bits per heavy atom. The van der Waals surface area contributed by atoms with Crippen molar-refractivity contribution in [1.82, 2.24) is 9.80 Å². The summed E-state index contributed by atoms with van der Waals surface area (Å²) in [5.41, 5.74) is 6.09. The number of carbonyl (C=O) groups excluding carboxylic acids is 1. The summed E-state index contributed by atoms with van der Waals surface area (Å²) in [6.07, 6.45) is 1.47. The van der Waals surface area contributed by atoms with E-state index in [1.54, 1.807) is 7.11 Å². The third-order valence-corrected chi connectivity index (χ3v) is 6.64. The molecule has 166 valence electrons. The molecule has 32 heavy (non-hydrogen) atoms. The number of benzene rings is 3. The molecule has 0 saturated carbocycles. The van der Waals surface area contributed by atoms with Gasteiger partial charge in [-0.05, 0) is 73.7 Å². The third-order valence-electron chi connectivity index (χ3n) is 6.64. The number of nitrogens with zero attached hydrogens (tertiary/aromatic N) is 2. The molecule has 0 bridgehead atoms. The highest BCUT2D eigenvalue weighted by Gasteiger charge is 2.44. The van der Waals surface area contributed by atoms with Gasteiger partial charge in [0.1, 0.15) is 11.9 Å². The molecule has 2 unspecified atom stereocenters. The molecule has 1 heterocycles. The highest BCUT2D eigenvalue weighted by atomic mass is 16.5. The van der Waals surface area contributed by atoms with E-state index in [1.807, 2.05) is 30.3 Å². The van der Waals surface area contributed by atoms with Gasteiger partial charge in [-0.2, -0.15) is 0 Å². The van der Waals surface area contributed by atoms with Crippen LogP contribution < -0.4 is 4.74 Å². The molecule has 1 saturated heterocycles. The zero-order valence-corrected chi connectivity index (χ0v) is 19.4. The molecule has 2 atom stereocenters. The van der Waals surface area contributed by atoms with E-state index in [2.05, 4.69) is 73.2 Å². The normalized spacial score (nSPS) is 18.9. The van der Waals surface area contributed by atoms with Crippen LogP contribution in [0.5, 0.6) is 5.75 Å². The van der Waals surface area contributed by atoms with Gasteiger partial charge in [0.05, 0.1) is 13.2 Å². The Morgan fingerprint density at radius 3 is 2.25 bits per heavy atom. The van der Waals surface area contributed by atoms with Crippen molar-refractivity contribution in [1.29, 1.82) is 0 Å². The van der Waals surface area contributed by atoms with Crippen molar-refractivity contribution in [3.63, 3.8) is 0 Å². The molecule has 1 amide bonds. The van der Waals surface area contributed by atoms with E-state index in [-0.39, 0.29) is 18.1 Å². The Hall–Kier alpha value is -3.11. The second kappa shape index (κ2) is 9.58. The zero-order chi connectivity index (χ0) is 22.7. The second-order valence-corrected chi connectivity index (χ2v) is 8.72. The summed E-state index contributed by atoms with van der Waals surface area (Å²) in [4.78, 5) is 17.9. The van der Waals surface area contributed by atoms with Gasteiger partial charge in [0.15, 0.2) is 0 Å². The topological polar surface area (TPSA) is 32.8 Å². The quantitative estimate of drug-likeness (QED) is 0.534. The number of rotatable bonds is 7. The molecular weight excluding hydrogens is 396 g/mol. The van der Waals surface area contributed by atoms with Gasteiger partial charge in [0.25, 0.3) is 0 Å². The summed E-state index contributed by atoms with van der Waals surface area (Å²) in [5.74, 6) is 1.05. The molecule has 0 radical (unpaired) electrons. The maximum atomic E-state index is 13.6. The number of likely N-dealkylation sites (N-methyl/N-ethyl adjacent to an activating group) is 1. The lowest BCUT2D eigenvalue weighted by Crippen LogP contribution is -2.33. The number of carbonyl (C=O) groups is 1. The Kier molecular flexibility index (Phi) is 6.61. The van der Waals surface area contributed by atoms with Crippen LogP contribution in [0.1, 0.15) is 34.0 Å². The summed E-state index contributed by atoms with van der Waals surface area (Å²) in [6.45, 7) is 4.94. The van der Waals surface area contributed by atoms with Crippen molar-refractivity contribution in [2.45, 2.75) is 38.9 Å². The summed E-state index contributed by atoms with van der Waals surface area (Å²) in [5, 5.41) is 0. The fraction of sp³-hybridized carbons (Fsp3) is 0.321. The lowest BCUT2D eigenvalue weighted by molar-refractivity contribution is -0.130. The SMILES string of the molecule is COc1ccc(CCN2C(=O)C(Cc3ccccc3)N(C)C2c2ccc(C)c(C)c2)cc1. The van der Waals surface area contributed by atoms with Gasteiger partial charge in [-0.25, -0.2) is 0 Å². The lowest BCUT2D eigenvalue weighted by atomic mass is 10.0. The van der Waals surface area contributed by atoms with Crippen molar-refractivity contribution in [3.8, 4) is 5.75 Å². The van der Waals surface area contributed by atoms with Gasteiger partial charge in [0, 0.05) is 6.54 Å². The van der Waals surface area contributed by atoms with Crippen molar-refractivity contribution in [3.05, 3.63) is 101 Å². The van der Waals surface area contributed by atoms with Gasteiger partial charge >= 0.3 is 0 Å². The minimum absolute atomic E-state index is 0.0613. The first-order valence-electron chi connectivity index (χ1n) is 11.2. The van der Waals surface area contributed by atoms with Gasteiger partial charge < -0.3 is 9.64 Å². The number of methoxy groups -OCH3 is 1. The lowest BCUT2D eigenvalue weighted by Gasteiger charge is -2.29. The average molecular weight is 429 g/mol. The van der Waals surface area contributed by atoms with E-state index in [0.29, 0.717) is 6.54 Å². The maximum absolute atomic E-state index is 13.6. The summed E-state index contributed by atoms with van der Waals surface area (Å²) >= 11 is 0. The molecule has 0 spiro atoms.